The fraction of sp³-hybridized carbons (Fsp3) is 0.500. The second-order valence-electron chi connectivity index (χ2n) is 1.57. The molecule has 0 heterocycles. The largest absolute Gasteiger partial charge is 0.136 e. The van der Waals surface area contributed by atoms with Gasteiger partial charge in [-0.25, -0.2) is 0 Å². The molecule has 0 spiro atoms. The molecule has 0 bridgehead atoms. The molecule has 0 N–H and O–H groups in total. The number of hydrogen-bond acceptors (Lipinski definition) is 1. The molecule has 0 nitrogen and oxygen atoms in total. The van der Waals surface area contributed by atoms with Crippen molar-refractivity contribution in [3.8, 4) is 0 Å². The highest BCUT2D eigenvalue weighted by atomic mass is 32.1. The Morgan fingerprint density at radius 2 is 2.38 bits per heavy atom. The summed E-state index contributed by atoms with van der Waals surface area (Å²) in [6.45, 7) is 3.59. The smallest absolute Gasteiger partial charge is 0.0448 e. The number of rotatable bonds is 4. The van der Waals surface area contributed by atoms with Crippen molar-refractivity contribution in [1.82, 2.24) is 0 Å². The Morgan fingerprint density at radius 1 is 1.75 bits per heavy atom. The average molecular weight is 146 g/mol. The molecule has 0 amide bonds. The molecule has 0 aliphatic carbocycles. The highest BCUT2D eigenvalue weighted by Gasteiger charge is 1.85. The van der Waals surface area contributed by atoms with Crippen LogP contribution >= 0.6 is 24.8 Å². The first kappa shape index (κ1) is 8.18. The fourth-order valence-corrected chi connectivity index (χ4v) is 0.700. The molecule has 0 saturated carbocycles. The van der Waals surface area contributed by atoms with Gasteiger partial charge in [0.2, 0.25) is 0 Å². The van der Waals surface area contributed by atoms with Crippen molar-refractivity contribution >= 4 is 29.0 Å². The van der Waals surface area contributed by atoms with Gasteiger partial charge in [-0.1, -0.05) is 18.3 Å². The Balaban J connectivity index is 2.93. The van der Waals surface area contributed by atoms with Crippen LogP contribution in [0.5, 0.6) is 0 Å². The van der Waals surface area contributed by atoms with E-state index in [9.17, 15) is 0 Å². The highest BCUT2D eigenvalue weighted by Crippen LogP contribution is 2.00. The molecular weight excluding hydrogens is 136 g/mol. The summed E-state index contributed by atoms with van der Waals surface area (Å²) in [7, 11) is 0. The van der Waals surface area contributed by atoms with Crippen LogP contribution in [0.2, 0.25) is 0 Å². The van der Waals surface area contributed by atoms with Gasteiger partial charge < -0.3 is 0 Å². The topological polar surface area (TPSA) is 0 Å². The molecule has 0 aromatic rings. The van der Waals surface area contributed by atoms with Crippen LogP contribution in [-0.2, 0) is 0 Å². The third-order valence-electron chi connectivity index (χ3n) is 0.799. The number of hydrogen-bond donors (Lipinski definition) is 1. The Hall–Kier alpha value is 0.180. The predicted molar refractivity (Wildman–Crippen MR) is 45.6 cm³/mol. The molecule has 0 saturated heterocycles. The standard InChI is InChI=1S/C6H10S2/c1-2-3-4-5-6(7)8/h2H,1,3-5H2,(H,7,8). The highest BCUT2D eigenvalue weighted by molar-refractivity contribution is 8.11. The van der Waals surface area contributed by atoms with Crippen LogP contribution in [0.3, 0.4) is 0 Å². The van der Waals surface area contributed by atoms with Crippen molar-refractivity contribution in [3.63, 3.8) is 0 Å². The number of thiol groups is 1. The van der Waals surface area contributed by atoms with Gasteiger partial charge in [0.25, 0.3) is 0 Å². The van der Waals surface area contributed by atoms with E-state index in [1.54, 1.807) is 0 Å². The molecular formula is C6H10S2. The van der Waals surface area contributed by atoms with Crippen LogP contribution in [0.1, 0.15) is 19.3 Å². The van der Waals surface area contributed by atoms with Crippen LogP contribution < -0.4 is 0 Å². The monoisotopic (exact) mass is 146 g/mol. The molecule has 0 unspecified atom stereocenters. The summed E-state index contributed by atoms with van der Waals surface area (Å²) >= 11 is 8.71. The van der Waals surface area contributed by atoms with Gasteiger partial charge in [-0.15, -0.1) is 19.2 Å². The second kappa shape index (κ2) is 5.32. The van der Waals surface area contributed by atoms with Gasteiger partial charge in [-0.2, -0.15) is 0 Å². The zero-order valence-electron chi connectivity index (χ0n) is 4.76. The molecule has 0 fully saturated rings. The van der Waals surface area contributed by atoms with E-state index in [1.807, 2.05) is 6.08 Å². The van der Waals surface area contributed by atoms with E-state index in [1.165, 1.54) is 0 Å². The lowest BCUT2D eigenvalue weighted by Gasteiger charge is -1.90. The van der Waals surface area contributed by atoms with Gasteiger partial charge in [-0.05, 0) is 19.3 Å². The summed E-state index contributed by atoms with van der Waals surface area (Å²) in [4.78, 5) is 0. The van der Waals surface area contributed by atoms with E-state index in [2.05, 4.69) is 19.2 Å². The Kier molecular flexibility index (Phi) is 5.44. The maximum atomic E-state index is 4.74. The molecule has 8 heavy (non-hydrogen) atoms. The third kappa shape index (κ3) is 6.18. The molecule has 46 valence electrons. The van der Waals surface area contributed by atoms with Crippen molar-refractivity contribution in [2.24, 2.45) is 0 Å². The summed E-state index contributed by atoms with van der Waals surface area (Å²) in [5, 5.41) is 0. The van der Waals surface area contributed by atoms with Crippen LogP contribution in [0.4, 0.5) is 0 Å². The van der Waals surface area contributed by atoms with E-state index in [0.29, 0.717) is 0 Å². The summed E-state index contributed by atoms with van der Waals surface area (Å²) in [5.74, 6) is 0. The molecule has 0 radical (unpaired) electrons. The van der Waals surface area contributed by atoms with Gasteiger partial charge in [0.1, 0.15) is 0 Å². The van der Waals surface area contributed by atoms with Gasteiger partial charge >= 0.3 is 0 Å². The van der Waals surface area contributed by atoms with Crippen LogP contribution in [0.15, 0.2) is 12.7 Å². The molecule has 0 aliphatic heterocycles. The normalized spacial score (nSPS) is 8.62. The van der Waals surface area contributed by atoms with Crippen molar-refractivity contribution < 1.29 is 0 Å². The van der Waals surface area contributed by atoms with Gasteiger partial charge in [0.05, 0.1) is 0 Å². The summed E-state index contributed by atoms with van der Waals surface area (Å²) in [6, 6.07) is 0. The van der Waals surface area contributed by atoms with Crippen molar-refractivity contribution in [3.05, 3.63) is 12.7 Å². The maximum absolute atomic E-state index is 4.74. The minimum absolute atomic E-state index is 0.798. The molecule has 0 aromatic heterocycles. The number of allylic oxidation sites excluding steroid dienone is 1. The molecule has 2 heteroatoms. The van der Waals surface area contributed by atoms with Crippen molar-refractivity contribution in [2.75, 3.05) is 0 Å². The first-order valence-corrected chi connectivity index (χ1v) is 3.45. The zero-order chi connectivity index (χ0) is 6.41. The van der Waals surface area contributed by atoms with E-state index in [-0.39, 0.29) is 0 Å². The Bertz CT molecular complexity index is 86.5. The van der Waals surface area contributed by atoms with Gasteiger partial charge in [-0.3, -0.25) is 0 Å². The van der Waals surface area contributed by atoms with Crippen molar-refractivity contribution in [2.45, 2.75) is 19.3 Å². The molecule has 0 aromatic carbocycles. The average Bonchev–Trinajstić information content (AvgIpc) is 1.66. The van der Waals surface area contributed by atoms with Gasteiger partial charge in [0.15, 0.2) is 0 Å². The SMILES string of the molecule is C=CCCCC(=S)S. The van der Waals surface area contributed by atoms with Gasteiger partial charge in [0, 0.05) is 4.20 Å². The lowest BCUT2D eigenvalue weighted by Crippen LogP contribution is -1.80. The third-order valence-corrected chi connectivity index (χ3v) is 1.23. The van der Waals surface area contributed by atoms with Crippen LogP contribution in [-0.4, -0.2) is 4.20 Å². The predicted octanol–water partition coefficient (Wildman–Crippen LogP) is 2.60. The summed E-state index contributed by atoms with van der Waals surface area (Å²) < 4.78 is 0.798. The minimum Gasteiger partial charge on any atom is -0.136 e. The molecule has 0 atom stereocenters. The Labute approximate surface area is 61.4 Å². The fourth-order valence-electron chi connectivity index (χ4n) is 0.398. The van der Waals surface area contributed by atoms with Crippen LogP contribution in [0, 0.1) is 0 Å². The van der Waals surface area contributed by atoms with Crippen LogP contribution in [0.25, 0.3) is 0 Å². The lowest BCUT2D eigenvalue weighted by atomic mass is 10.2. The van der Waals surface area contributed by atoms with E-state index in [4.69, 9.17) is 12.2 Å². The second-order valence-corrected chi connectivity index (χ2v) is 2.91. The molecule has 0 rings (SSSR count). The maximum Gasteiger partial charge on any atom is 0.0448 e. The van der Waals surface area contributed by atoms with E-state index in [0.717, 1.165) is 23.5 Å². The molecule has 0 aliphatic rings. The Morgan fingerprint density at radius 3 is 2.75 bits per heavy atom. The van der Waals surface area contributed by atoms with E-state index >= 15 is 0 Å². The lowest BCUT2D eigenvalue weighted by molar-refractivity contribution is 0.909. The zero-order valence-corrected chi connectivity index (χ0v) is 6.47. The first-order chi connectivity index (χ1) is 3.77. The summed E-state index contributed by atoms with van der Waals surface area (Å²) in [6.07, 6.45) is 4.96. The van der Waals surface area contributed by atoms with Crippen molar-refractivity contribution in [1.29, 1.82) is 0 Å². The van der Waals surface area contributed by atoms with E-state index < -0.39 is 0 Å². The number of unbranched alkanes of at least 4 members (excludes halogenated alkanes) is 1. The number of thiocarbonyl (C=S) groups is 1. The quantitative estimate of drug-likeness (QED) is 0.275. The first-order valence-electron chi connectivity index (χ1n) is 2.60. The summed E-state index contributed by atoms with van der Waals surface area (Å²) in [5.41, 5.74) is 0. The minimum atomic E-state index is 0.798.